The Labute approximate surface area is 116 Å². The van der Waals surface area contributed by atoms with Crippen LogP contribution < -0.4 is 4.90 Å². The number of carbonyl (C=O) groups is 1. The van der Waals surface area contributed by atoms with E-state index in [1.165, 1.54) is 6.20 Å². The fourth-order valence-corrected chi connectivity index (χ4v) is 2.50. The van der Waals surface area contributed by atoms with Gasteiger partial charge in [-0.2, -0.15) is 0 Å². The summed E-state index contributed by atoms with van der Waals surface area (Å²) in [7, 11) is 0. The Morgan fingerprint density at radius 1 is 1.65 bits per heavy atom. The van der Waals surface area contributed by atoms with Crippen molar-refractivity contribution in [2.75, 3.05) is 18.0 Å². The Balaban J connectivity index is 2.01. The molecular formula is C13H17N3O4. The lowest BCUT2D eigenvalue weighted by Crippen LogP contribution is -2.21. The van der Waals surface area contributed by atoms with Gasteiger partial charge in [-0.25, -0.2) is 4.98 Å². The van der Waals surface area contributed by atoms with E-state index in [4.69, 9.17) is 5.11 Å². The van der Waals surface area contributed by atoms with Gasteiger partial charge in [0.25, 0.3) is 5.69 Å². The molecule has 0 saturated carbocycles. The van der Waals surface area contributed by atoms with Crippen LogP contribution in [0.4, 0.5) is 11.5 Å². The zero-order valence-corrected chi connectivity index (χ0v) is 11.3. The van der Waals surface area contributed by atoms with E-state index in [0.29, 0.717) is 17.9 Å². The Bertz CT molecular complexity index is 532. The molecule has 0 amide bonds. The summed E-state index contributed by atoms with van der Waals surface area (Å²) in [5, 5.41) is 19.4. The van der Waals surface area contributed by atoms with Gasteiger partial charge in [-0.05, 0) is 31.7 Å². The van der Waals surface area contributed by atoms with Gasteiger partial charge in [0.1, 0.15) is 12.0 Å². The number of carboxylic acid groups (broad SMARTS) is 1. The molecule has 1 fully saturated rings. The molecule has 0 radical (unpaired) electrons. The van der Waals surface area contributed by atoms with Crippen LogP contribution in [0.3, 0.4) is 0 Å². The lowest BCUT2D eigenvalue weighted by atomic mass is 10.0. The Kier molecular flexibility index (Phi) is 4.16. The number of hydrogen-bond donors (Lipinski definition) is 1. The first-order valence-electron chi connectivity index (χ1n) is 6.55. The average molecular weight is 279 g/mol. The van der Waals surface area contributed by atoms with E-state index in [1.807, 2.05) is 0 Å². The number of aliphatic carboxylic acids is 1. The van der Waals surface area contributed by atoms with Crippen LogP contribution in [0, 0.1) is 23.0 Å². The molecule has 20 heavy (non-hydrogen) atoms. The van der Waals surface area contributed by atoms with Gasteiger partial charge in [0.15, 0.2) is 0 Å². The van der Waals surface area contributed by atoms with Crippen molar-refractivity contribution in [1.29, 1.82) is 0 Å². The summed E-state index contributed by atoms with van der Waals surface area (Å²) in [6.07, 6.45) is 3.07. The molecule has 1 unspecified atom stereocenters. The van der Waals surface area contributed by atoms with Gasteiger partial charge in [0.2, 0.25) is 0 Å². The molecule has 7 nitrogen and oxygen atoms in total. The van der Waals surface area contributed by atoms with Gasteiger partial charge in [-0.15, -0.1) is 0 Å². The summed E-state index contributed by atoms with van der Waals surface area (Å²) in [5.41, 5.74) is 0.615. The van der Waals surface area contributed by atoms with Gasteiger partial charge in [0, 0.05) is 25.1 Å². The van der Waals surface area contributed by atoms with E-state index in [1.54, 1.807) is 13.0 Å². The number of pyridine rings is 1. The summed E-state index contributed by atoms with van der Waals surface area (Å²) in [6, 6.07) is 1.72. The third-order valence-electron chi connectivity index (χ3n) is 3.64. The minimum atomic E-state index is -0.771. The molecule has 7 heteroatoms. The molecule has 1 saturated heterocycles. The van der Waals surface area contributed by atoms with Crippen molar-refractivity contribution in [3.05, 3.63) is 27.9 Å². The topological polar surface area (TPSA) is 96.6 Å². The molecular weight excluding hydrogens is 262 g/mol. The summed E-state index contributed by atoms with van der Waals surface area (Å²) in [6.45, 7) is 3.27. The molecule has 1 aliphatic rings. The van der Waals surface area contributed by atoms with Gasteiger partial charge in [-0.1, -0.05) is 0 Å². The van der Waals surface area contributed by atoms with Crippen molar-refractivity contribution in [2.24, 2.45) is 5.92 Å². The van der Waals surface area contributed by atoms with Crippen LogP contribution in [-0.2, 0) is 4.79 Å². The van der Waals surface area contributed by atoms with Crippen LogP contribution in [0.2, 0.25) is 0 Å². The fourth-order valence-electron chi connectivity index (χ4n) is 2.50. The summed E-state index contributed by atoms with van der Waals surface area (Å²) < 4.78 is 0. The second-order valence-corrected chi connectivity index (χ2v) is 5.12. The molecule has 2 rings (SSSR count). The predicted molar refractivity (Wildman–Crippen MR) is 72.8 cm³/mol. The van der Waals surface area contributed by atoms with Gasteiger partial charge in [-0.3, -0.25) is 14.9 Å². The van der Waals surface area contributed by atoms with Crippen molar-refractivity contribution >= 4 is 17.5 Å². The van der Waals surface area contributed by atoms with Gasteiger partial charge >= 0.3 is 5.97 Å². The predicted octanol–water partition coefficient (Wildman–Crippen LogP) is 1.99. The second kappa shape index (κ2) is 5.85. The molecule has 1 aromatic rings. The first-order valence-corrected chi connectivity index (χ1v) is 6.55. The van der Waals surface area contributed by atoms with Crippen LogP contribution in [0.1, 0.15) is 24.8 Å². The number of carboxylic acids is 1. The van der Waals surface area contributed by atoms with E-state index < -0.39 is 10.9 Å². The highest BCUT2D eigenvalue weighted by molar-refractivity contribution is 5.66. The fraction of sp³-hybridized carbons (Fsp3) is 0.538. The standard InChI is InChI=1S/C13H17N3O4/c1-9-6-12(14-7-11(9)16(19)20)15-5-4-10(8-15)2-3-13(17)18/h6-7,10H,2-5,8H2,1H3,(H,17,18). The van der Waals surface area contributed by atoms with E-state index >= 15 is 0 Å². The molecule has 0 spiro atoms. The lowest BCUT2D eigenvalue weighted by Gasteiger charge is -2.17. The Morgan fingerprint density at radius 2 is 2.40 bits per heavy atom. The maximum Gasteiger partial charge on any atom is 0.303 e. The summed E-state index contributed by atoms with van der Waals surface area (Å²) in [5.74, 6) is 0.307. The van der Waals surface area contributed by atoms with E-state index in [2.05, 4.69) is 9.88 Å². The van der Waals surface area contributed by atoms with Crippen molar-refractivity contribution in [1.82, 2.24) is 4.98 Å². The van der Waals surface area contributed by atoms with Crippen molar-refractivity contribution < 1.29 is 14.8 Å². The highest BCUT2D eigenvalue weighted by Gasteiger charge is 2.25. The van der Waals surface area contributed by atoms with Crippen LogP contribution >= 0.6 is 0 Å². The number of aromatic nitrogens is 1. The molecule has 0 bridgehead atoms. The van der Waals surface area contributed by atoms with E-state index in [-0.39, 0.29) is 12.1 Å². The third-order valence-corrected chi connectivity index (χ3v) is 3.64. The molecule has 1 N–H and O–H groups in total. The first-order chi connectivity index (χ1) is 9.47. The molecule has 2 heterocycles. The molecule has 1 aliphatic heterocycles. The van der Waals surface area contributed by atoms with Crippen LogP contribution in [0.15, 0.2) is 12.3 Å². The summed E-state index contributed by atoms with van der Waals surface area (Å²) in [4.78, 5) is 27.1. The Morgan fingerprint density at radius 3 is 3.00 bits per heavy atom. The number of aryl methyl sites for hydroxylation is 1. The molecule has 108 valence electrons. The molecule has 0 aromatic carbocycles. The number of nitrogens with zero attached hydrogens (tertiary/aromatic N) is 3. The molecule has 1 atom stereocenters. The van der Waals surface area contributed by atoms with E-state index in [9.17, 15) is 14.9 Å². The third kappa shape index (κ3) is 3.23. The number of nitro groups is 1. The largest absolute Gasteiger partial charge is 0.481 e. The Hall–Kier alpha value is -2.18. The minimum Gasteiger partial charge on any atom is -0.481 e. The molecule has 1 aromatic heterocycles. The van der Waals surface area contributed by atoms with E-state index in [0.717, 1.165) is 25.3 Å². The zero-order chi connectivity index (χ0) is 14.7. The van der Waals surface area contributed by atoms with Gasteiger partial charge in [0.05, 0.1) is 4.92 Å². The minimum absolute atomic E-state index is 0.0235. The van der Waals surface area contributed by atoms with Crippen LogP contribution in [0.25, 0.3) is 0 Å². The lowest BCUT2D eigenvalue weighted by molar-refractivity contribution is -0.385. The highest BCUT2D eigenvalue weighted by Crippen LogP contribution is 2.27. The smallest absolute Gasteiger partial charge is 0.303 e. The number of hydrogen-bond acceptors (Lipinski definition) is 5. The maximum absolute atomic E-state index is 10.8. The van der Waals surface area contributed by atoms with Crippen molar-refractivity contribution in [2.45, 2.75) is 26.2 Å². The first kappa shape index (κ1) is 14.2. The average Bonchev–Trinajstić information content (AvgIpc) is 2.84. The second-order valence-electron chi connectivity index (χ2n) is 5.12. The monoisotopic (exact) mass is 279 g/mol. The summed E-state index contributed by atoms with van der Waals surface area (Å²) >= 11 is 0. The van der Waals surface area contributed by atoms with Crippen LogP contribution in [0.5, 0.6) is 0 Å². The molecule has 0 aliphatic carbocycles. The normalized spacial score (nSPS) is 18.2. The number of anilines is 1. The quantitative estimate of drug-likeness (QED) is 0.654. The zero-order valence-electron chi connectivity index (χ0n) is 11.3. The van der Waals surface area contributed by atoms with Crippen molar-refractivity contribution in [3.63, 3.8) is 0 Å². The maximum atomic E-state index is 10.8. The highest BCUT2D eigenvalue weighted by atomic mass is 16.6. The van der Waals surface area contributed by atoms with Crippen LogP contribution in [-0.4, -0.2) is 34.1 Å². The number of rotatable bonds is 5. The SMILES string of the molecule is Cc1cc(N2CCC(CCC(=O)O)C2)ncc1[N+](=O)[O-]. The van der Waals surface area contributed by atoms with Gasteiger partial charge < -0.3 is 10.0 Å². The van der Waals surface area contributed by atoms with Crippen molar-refractivity contribution in [3.8, 4) is 0 Å².